The fraction of sp³-hybridized carbons (Fsp3) is 0.500. The molecule has 0 saturated heterocycles. The fourth-order valence-corrected chi connectivity index (χ4v) is 2.76. The van der Waals surface area contributed by atoms with Crippen molar-refractivity contribution in [3.05, 3.63) is 35.9 Å². The van der Waals surface area contributed by atoms with E-state index >= 15 is 0 Å². The Bertz CT molecular complexity index is 366. The molecule has 0 heterocycles. The number of rotatable bonds is 4. The van der Waals surface area contributed by atoms with Crippen LogP contribution < -0.4 is 0 Å². The molecule has 0 amide bonds. The number of carbonyl (C=O) groups is 1. The standard InChI is InChI=1S/C14H22O2Si/c1-14(2,3)13(16-17(4)5)12(15)11-9-7-6-8-10-11/h6-10,13,17H,1-5H3. The molecule has 1 atom stereocenters. The second-order valence-electron chi connectivity index (χ2n) is 5.66. The van der Waals surface area contributed by atoms with Crippen LogP contribution in [-0.4, -0.2) is 20.9 Å². The third-order valence-electron chi connectivity index (χ3n) is 2.49. The van der Waals surface area contributed by atoms with E-state index in [-0.39, 0.29) is 17.3 Å². The average Bonchev–Trinajstić information content (AvgIpc) is 2.24. The molecule has 1 rings (SSSR count). The third-order valence-corrected chi connectivity index (χ3v) is 3.31. The highest BCUT2D eigenvalue weighted by Gasteiger charge is 2.33. The topological polar surface area (TPSA) is 26.3 Å². The molecular formula is C14H22O2Si. The van der Waals surface area contributed by atoms with Crippen molar-refractivity contribution >= 4 is 14.8 Å². The first kappa shape index (κ1) is 14.1. The van der Waals surface area contributed by atoms with Crippen LogP contribution in [0.1, 0.15) is 31.1 Å². The van der Waals surface area contributed by atoms with Crippen molar-refractivity contribution < 1.29 is 9.22 Å². The summed E-state index contributed by atoms with van der Waals surface area (Å²) >= 11 is 0. The predicted molar refractivity (Wildman–Crippen MR) is 74.0 cm³/mol. The molecule has 0 radical (unpaired) electrons. The number of ketones is 1. The van der Waals surface area contributed by atoms with E-state index in [9.17, 15) is 4.79 Å². The van der Waals surface area contributed by atoms with Crippen LogP contribution in [0.15, 0.2) is 30.3 Å². The van der Waals surface area contributed by atoms with Gasteiger partial charge < -0.3 is 4.43 Å². The van der Waals surface area contributed by atoms with Crippen molar-refractivity contribution in [1.82, 2.24) is 0 Å². The van der Waals surface area contributed by atoms with Crippen LogP contribution in [0.4, 0.5) is 0 Å². The van der Waals surface area contributed by atoms with E-state index < -0.39 is 9.04 Å². The number of hydrogen-bond donors (Lipinski definition) is 0. The second-order valence-corrected chi connectivity index (χ2v) is 8.03. The molecule has 2 nitrogen and oxygen atoms in total. The van der Waals surface area contributed by atoms with E-state index in [2.05, 4.69) is 33.9 Å². The van der Waals surface area contributed by atoms with E-state index in [1.807, 2.05) is 30.3 Å². The van der Waals surface area contributed by atoms with Crippen molar-refractivity contribution in [3.8, 4) is 0 Å². The van der Waals surface area contributed by atoms with E-state index in [1.165, 1.54) is 0 Å². The Morgan fingerprint density at radius 3 is 2.12 bits per heavy atom. The van der Waals surface area contributed by atoms with E-state index in [0.717, 1.165) is 5.56 Å². The van der Waals surface area contributed by atoms with Gasteiger partial charge in [-0.1, -0.05) is 51.1 Å². The van der Waals surface area contributed by atoms with Gasteiger partial charge in [-0.15, -0.1) is 0 Å². The van der Waals surface area contributed by atoms with Crippen molar-refractivity contribution in [3.63, 3.8) is 0 Å². The van der Waals surface area contributed by atoms with Gasteiger partial charge in [-0.25, -0.2) is 0 Å². The molecule has 0 aliphatic rings. The van der Waals surface area contributed by atoms with Gasteiger partial charge in [0.2, 0.25) is 0 Å². The Labute approximate surface area is 106 Å². The molecule has 1 unspecified atom stereocenters. The van der Waals surface area contributed by atoms with Crippen LogP contribution in [0.2, 0.25) is 13.1 Å². The van der Waals surface area contributed by atoms with E-state index in [0.29, 0.717) is 0 Å². The summed E-state index contributed by atoms with van der Waals surface area (Å²) in [7, 11) is -1.23. The minimum atomic E-state index is -1.23. The van der Waals surface area contributed by atoms with Crippen LogP contribution in [0.3, 0.4) is 0 Å². The Balaban J connectivity index is 2.96. The van der Waals surface area contributed by atoms with Gasteiger partial charge >= 0.3 is 0 Å². The molecule has 17 heavy (non-hydrogen) atoms. The summed E-state index contributed by atoms with van der Waals surface area (Å²) in [5.74, 6) is 0.0966. The molecule has 0 aliphatic heterocycles. The predicted octanol–water partition coefficient (Wildman–Crippen LogP) is 3.28. The maximum absolute atomic E-state index is 12.4. The first-order valence-corrected chi connectivity index (χ1v) is 8.85. The molecule has 0 bridgehead atoms. The lowest BCUT2D eigenvalue weighted by Crippen LogP contribution is -2.39. The molecule has 0 N–H and O–H groups in total. The summed E-state index contributed by atoms with van der Waals surface area (Å²) in [6.45, 7) is 10.3. The van der Waals surface area contributed by atoms with Gasteiger partial charge in [-0.2, -0.15) is 0 Å². The normalized spacial score (nSPS) is 13.8. The summed E-state index contributed by atoms with van der Waals surface area (Å²) in [6, 6.07) is 9.40. The molecule has 1 aromatic carbocycles. The van der Waals surface area contributed by atoms with Crippen LogP contribution in [0.5, 0.6) is 0 Å². The third kappa shape index (κ3) is 4.09. The minimum Gasteiger partial charge on any atom is -0.410 e. The lowest BCUT2D eigenvalue weighted by atomic mass is 9.84. The fourth-order valence-electron chi connectivity index (χ4n) is 1.69. The summed E-state index contributed by atoms with van der Waals surface area (Å²) in [5.41, 5.74) is 0.576. The molecular weight excluding hydrogens is 228 g/mol. The Hall–Kier alpha value is -0.933. The average molecular weight is 250 g/mol. The first-order valence-electron chi connectivity index (χ1n) is 6.07. The van der Waals surface area contributed by atoms with Gasteiger partial charge in [-0.3, -0.25) is 4.79 Å². The summed E-state index contributed by atoms with van der Waals surface area (Å²) in [5, 5.41) is 0. The number of carbonyl (C=O) groups excluding carboxylic acids is 1. The summed E-state index contributed by atoms with van der Waals surface area (Å²) in [4.78, 5) is 12.4. The molecule has 3 heteroatoms. The Kier molecular flexibility index (Phi) is 4.66. The molecule has 94 valence electrons. The van der Waals surface area contributed by atoms with Crippen molar-refractivity contribution in [2.24, 2.45) is 5.41 Å². The largest absolute Gasteiger partial charge is 0.410 e. The van der Waals surface area contributed by atoms with Gasteiger partial charge in [0.25, 0.3) is 0 Å². The molecule has 0 fully saturated rings. The lowest BCUT2D eigenvalue weighted by molar-refractivity contribution is 0.0538. The number of hydrogen-bond acceptors (Lipinski definition) is 2. The van der Waals surface area contributed by atoms with Crippen LogP contribution >= 0.6 is 0 Å². The number of Topliss-reactive ketones (excluding diaryl/α,β-unsaturated/α-hetero) is 1. The smallest absolute Gasteiger partial charge is 0.190 e. The second kappa shape index (κ2) is 5.60. The molecule has 1 aromatic rings. The molecule has 0 aromatic heterocycles. The zero-order chi connectivity index (χ0) is 13.1. The highest BCUT2D eigenvalue weighted by atomic mass is 28.3. The van der Waals surface area contributed by atoms with Crippen LogP contribution in [0.25, 0.3) is 0 Å². The monoisotopic (exact) mass is 250 g/mol. The van der Waals surface area contributed by atoms with Crippen molar-refractivity contribution in [1.29, 1.82) is 0 Å². The maximum Gasteiger partial charge on any atom is 0.190 e. The highest BCUT2D eigenvalue weighted by molar-refractivity contribution is 6.48. The van der Waals surface area contributed by atoms with E-state index in [4.69, 9.17) is 4.43 Å². The summed E-state index contributed by atoms with van der Waals surface area (Å²) in [6.07, 6.45) is -0.337. The Morgan fingerprint density at radius 2 is 1.71 bits per heavy atom. The highest BCUT2D eigenvalue weighted by Crippen LogP contribution is 2.26. The minimum absolute atomic E-state index is 0.0966. The zero-order valence-electron chi connectivity index (χ0n) is 11.4. The molecule has 0 saturated carbocycles. The number of benzene rings is 1. The summed E-state index contributed by atoms with van der Waals surface area (Å²) < 4.78 is 5.92. The van der Waals surface area contributed by atoms with E-state index in [1.54, 1.807) is 0 Å². The lowest BCUT2D eigenvalue weighted by Gasteiger charge is -2.31. The van der Waals surface area contributed by atoms with Crippen LogP contribution in [0, 0.1) is 5.41 Å². The quantitative estimate of drug-likeness (QED) is 0.605. The molecule has 0 aliphatic carbocycles. The SMILES string of the molecule is C[SiH](C)OC(C(=O)c1ccccc1)C(C)(C)C. The van der Waals surface area contributed by atoms with Gasteiger partial charge in [0.15, 0.2) is 14.8 Å². The van der Waals surface area contributed by atoms with Gasteiger partial charge in [0, 0.05) is 5.56 Å². The van der Waals surface area contributed by atoms with Crippen molar-refractivity contribution in [2.45, 2.75) is 40.0 Å². The first-order chi connectivity index (χ1) is 7.82. The zero-order valence-corrected chi connectivity index (χ0v) is 12.5. The maximum atomic E-state index is 12.4. The molecule has 0 spiro atoms. The van der Waals surface area contributed by atoms with Gasteiger partial charge in [0.1, 0.15) is 6.10 Å². The Morgan fingerprint density at radius 1 is 1.18 bits per heavy atom. The van der Waals surface area contributed by atoms with Crippen molar-refractivity contribution in [2.75, 3.05) is 0 Å². The van der Waals surface area contributed by atoms with Gasteiger partial charge in [0.05, 0.1) is 0 Å². The van der Waals surface area contributed by atoms with Gasteiger partial charge in [-0.05, 0) is 18.5 Å². The van der Waals surface area contributed by atoms with Crippen LogP contribution in [-0.2, 0) is 4.43 Å².